The Morgan fingerprint density at radius 2 is 1.80 bits per heavy atom. The fourth-order valence-corrected chi connectivity index (χ4v) is 7.40. The summed E-state index contributed by atoms with van der Waals surface area (Å²) >= 11 is 3.37. The molecule has 2 unspecified atom stereocenters. The van der Waals surface area contributed by atoms with Crippen molar-refractivity contribution >= 4 is 44.5 Å². The van der Waals surface area contributed by atoms with Gasteiger partial charge in [-0.25, -0.2) is 15.0 Å². The van der Waals surface area contributed by atoms with Crippen LogP contribution in [-0.2, 0) is 16.1 Å². The molecule has 6 atom stereocenters. The summed E-state index contributed by atoms with van der Waals surface area (Å²) in [5.41, 5.74) is 4.83. The van der Waals surface area contributed by atoms with E-state index in [4.69, 9.17) is 5.10 Å². The maximum Gasteiger partial charge on any atom is 0.248 e. The number of pyridine rings is 1. The monoisotopic (exact) mass is 615 g/mol. The van der Waals surface area contributed by atoms with E-state index in [2.05, 4.69) is 43.1 Å². The summed E-state index contributed by atoms with van der Waals surface area (Å²) in [4.78, 5) is 42.3. The molecule has 41 heavy (non-hydrogen) atoms. The number of aliphatic hydroxyl groups is 1. The van der Waals surface area contributed by atoms with Gasteiger partial charge in [0, 0.05) is 35.3 Å². The number of piperidine rings is 1. The molecule has 2 amide bonds. The summed E-state index contributed by atoms with van der Waals surface area (Å²) in [5.74, 6) is 1.34. The molecule has 4 aromatic rings. The summed E-state index contributed by atoms with van der Waals surface area (Å²) in [6, 6.07) is 7.22. The van der Waals surface area contributed by atoms with Gasteiger partial charge in [-0.1, -0.05) is 13.0 Å². The van der Waals surface area contributed by atoms with Crippen LogP contribution in [0.5, 0.6) is 0 Å². The number of carbonyl (C=O) groups excluding carboxylic acids is 2. The number of amides is 2. The number of aliphatic hydroxyl groups excluding tert-OH is 1. The Hall–Kier alpha value is -3.70. The molecule has 2 N–H and O–H groups in total. The van der Waals surface area contributed by atoms with Gasteiger partial charge in [-0.3, -0.25) is 14.3 Å². The molecule has 0 radical (unpaired) electrons. The van der Waals surface area contributed by atoms with E-state index in [1.807, 2.05) is 45.0 Å². The number of nitrogens with zero attached hydrogens (tertiary/aromatic N) is 6. The predicted molar refractivity (Wildman–Crippen MR) is 156 cm³/mol. The second-order valence-electron chi connectivity index (χ2n) is 11.8. The van der Waals surface area contributed by atoms with E-state index in [-0.39, 0.29) is 35.7 Å². The second-order valence-corrected chi connectivity index (χ2v) is 12.6. The molecular weight excluding hydrogens is 586 g/mol. The van der Waals surface area contributed by atoms with Gasteiger partial charge in [0.25, 0.3) is 0 Å². The molecule has 2 aliphatic carbocycles. The largest absolute Gasteiger partial charge is 0.387 e. The minimum absolute atomic E-state index is 0.00922. The first kappa shape index (κ1) is 26.2. The lowest BCUT2D eigenvalue weighted by Gasteiger charge is -2.24. The van der Waals surface area contributed by atoms with Crippen molar-refractivity contribution in [3.05, 3.63) is 63.9 Å². The molecule has 4 fully saturated rings. The van der Waals surface area contributed by atoms with Gasteiger partial charge in [0.2, 0.25) is 11.8 Å². The average molecular weight is 617 g/mol. The van der Waals surface area contributed by atoms with Crippen LogP contribution in [0.15, 0.2) is 41.3 Å². The third-order valence-corrected chi connectivity index (χ3v) is 9.68. The van der Waals surface area contributed by atoms with Gasteiger partial charge in [0.05, 0.1) is 17.3 Å². The van der Waals surface area contributed by atoms with Crippen LogP contribution < -0.4 is 5.32 Å². The highest BCUT2D eigenvalue weighted by Crippen LogP contribution is 2.87. The molecular formula is C30H30BrN7O3. The molecule has 2 saturated heterocycles. The first-order chi connectivity index (χ1) is 19.5. The Labute approximate surface area is 245 Å². The van der Waals surface area contributed by atoms with Crippen molar-refractivity contribution in [1.29, 1.82) is 0 Å². The molecule has 10 nitrogen and oxygen atoms in total. The lowest BCUT2D eigenvalue weighted by molar-refractivity contribution is -0.137. The highest BCUT2D eigenvalue weighted by molar-refractivity contribution is 9.10. The van der Waals surface area contributed by atoms with Crippen molar-refractivity contribution in [1.82, 2.24) is 29.6 Å². The highest BCUT2D eigenvalue weighted by Gasteiger charge is 2.94. The zero-order chi connectivity index (χ0) is 29.0. The summed E-state index contributed by atoms with van der Waals surface area (Å²) in [6.45, 7) is 9.50. The number of carbonyl (C=O) groups is 2. The van der Waals surface area contributed by atoms with Gasteiger partial charge >= 0.3 is 0 Å². The quantitative estimate of drug-likeness (QED) is 0.313. The first-order valence-corrected chi connectivity index (χ1v) is 14.5. The van der Waals surface area contributed by atoms with E-state index in [0.29, 0.717) is 27.9 Å². The standard InChI is InChI=1S/C30H30BrN7O3/c1-13-6-7-20(31)34-28(13)35-29(41)26-22-23-27(30(22,23)5)38(26)21(40)12-37-25-14(2)8-17(18-10-32-16(4)33-11-18)9-19(25)24(36-37)15(3)39/h6-11,15,22-23,26-27,39H,12H2,1-5H3,(H,34,35,41)/t15?,22-,23+,26+,27?,30+/m1/s1. The maximum absolute atomic E-state index is 13.9. The Bertz CT molecular complexity index is 1770. The first-order valence-electron chi connectivity index (χ1n) is 13.7. The third-order valence-electron chi connectivity index (χ3n) is 9.24. The summed E-state index contributed by atoms with van der Waals surface area (Å²) in [7, 11) is 0. The van der Waals surface area contributed by atoms with Crippen LogP contribution in [-0.4, -0.2) is 58.6 Å². The van der Waals surface area contributed by atoms with Crippen molar-refractivity contribution < 1.29 is 14.7 Å². The lowest BCUT2D eigenvalue weighted by Crippen LogP contribution is -2.45. The van der Waals surface area contributed by atoms with Gasteiger partial charge in [-0.15, -0.1) is 0 Å². The number of hydrogen-bond donors (Lipinski definition) is 2. The Morgan fingerprint density at radius 3 is 2.49 bits per heavy atom. The van der Waals surface area contributed by atoms with Crippen molar-refractivity contribution in [2.75, 3.05) is 5.32 Å². The summed E-state index contributed by atoms with van der Waals surface area (Å²) < 4.78 is 2.31. The van der Waals surface area contributed by atoms with Crippen LogP contribution >= 0.6 is 15.9 Å². The van der Waals surface area contributed by atoms with E-state index in [9.17, 15) is 14.7 Å². The van der Waals surface area contributed by atoms with E-state index in [1.54, 1.807) is 28.9 Å². The van der Waals surface area contributed by atoms with E-state index < -0.39 is 12.1 Å². The number of nitrogens with one attached hydrogen (secondary N) is 1. The predicted octanol–water partition coefficient (Wildman–Crippen LogP) is 4.11. The number of rotatable bonds is 6. The van der Waals surface area contributed by atoms with Crippen molar-refractivity contribution in [3.63, 3.8) is 0 Å². The number of fused-ring (bicyclic) bond motifs is 2. The number of halogens is 1. The van der Waals surface area contributed by atoms with Gasteiger partial charge in [-0.2, -0.15) is 5.10 Å². The van der Waals surface area contributed by atoms with Crippen LogP contribution in [0, 0.1) is 38.0 Å². The molecule has 8 rings (SSSR count). The summed E-state index contributed by atoms with van der Waals surface area (Å²) in [5, 5.41) is 19.0. The van der Waals surface area contributed by atoms with Crippen LogP contribution in [0.2, 0.25) is 0 Å². The zero-order valence-corrected chi connectivity index (χ0v) is 25.0. The van der Waals surface area contributed by atoms with Crippen LogP contribution in [0.3, 0.4) is 0 Å². The molecule has 4 aliphatic rings. The van der Waals surface area contributed by atoms with Gasteiger partial charge in [0.15, 0.2) is 0 Å². The minimum atomic E-state index is -0.833. The van der Waals surface area contributed by atoms with Crippen molar-refractivity contribution in [3.8, 4) is 11.1 Å². The van der Waals surface area contributed by atoms with Gasteiger partial charge in [-0.05, 0) is 89.8 Å². The minimum Gasteiger partial charge on any atom is -0.387 e. The SMILES string of the molecule is Cc1ncc(-c2cc(C)c3c(c2)c(C(C)O)nn3CC(=O)N2C3[C@@H]4[C@H]([C@H]2C(=O)Nc2nc(Br)ccc2C)[C@]34C)cn1. The number of hydrogen-bond acceptors (Lipinski definition) is 7. The molecule has 2 bridgehead atoms. The van der Waals surface area contributed by atoms with E-state index in [1.165, 1.54) is 0 Å². The topological polar surface area (TPSA) is 126 Å². The second kappa shape index (κ2) is 8.90. The van der Waals surface area contributed by atoms with E-state index >= 15 is 0 Å². The Balaban J connectivity index is 1.20. The van der Waals surface area contributed by atoms with Crippen molar-refractivity contribution in [2.45, 2.75) is 59.4 Å². The van der Waals surface area contributed by atoms with Crippen LogP contribution in [0.1, 0.15) is 42.6 Å². The van der Waals surface area contributed by atoms with E-state index in [0.717, 1.165) is 33.2 Å². The molecule has 210 valence electrons. The van der Waals surface area contributed by atoms with Crippen LogP contribution in [0.25, 0.3) is 22.0 Å². The van der Waals surface area contributed by atoms with Crippen molar-refractivity contribution in [2.24, 2.45) is 17.3 Å². The smallest absolute Gasteiger partial charge is 0.248 e. The molecule has 2 aliphatic heterocycles. The van der Waals surface area contributed by atoms with Crippen LogP contribution in [0.4, 0.5) is 5.82 Å². The molecule has 3 aromatic heterocycles. The molecule has 2 saturated carbocycles. The number of aromatic nitrogens is 5. The molecule has 1 aromatic carbocycles. The Morgan fingerprint density at radius 1 is 1.10 bits per heavy atom. The highest BCUT2D eigenvalue weighted by atomic mass is 79.9. The Kier molecular flexibility index (Phi) is 5.69. The van der Waals surface area contributed by atoms with Gasteiger partial charge in [0.1, 0.15) is 28.8 Å². The van der Waals surface area contributed by atoms with Gasteiger partial charge < -0.3 is 15.3 Å². The fraction of sp³-hybridized carbons (Fsp3) is 0.400. The zero-order valence-electron chi connectivity index (χ0n) is 23.4. The molecule has 0 spiro atoms. The number of anilines is 1. The normalized spacial score (nSPS) is 26.2. The molecule has 11 heteroatoms. The number of benzene rings is 1. The maximum atomic E-state index is 13.9. The fourth-order valence-electron chi connectivity index (χ4n) is 7.09. The summed E-state index contributed by atoms with van der Waals surface area (Å²) in [6.07, 6.45) is 2.72. The third kappa shape index (κ3) is 3.85. The average Bonchev–Trinajstić information content (AvgIpc) is 3.46. The lowest BCUT2D eigenvalue weighted by atomic mass is 10.0. The molecule has 5 heterocycles. The number of aryl methyl sites for hydroxylation is 3.